The molecule has 0 spiro atoms. The zero-order chi connectivity index (χ0) is 40.0. The number of nitrogens with two attached hydrogens (primary N) is 1. The van der Waals surface area contributed by atoms with Gasteiger partial charge in [0.05, 0.1) is 5.92 Å². The Morgan fingerprint density at radius 1 is 0.566 bits per heavy atom. The van der Waals surface area contributed by atoms with Crippen LogP contribution in [0, 0.1) is 11.8 Å². The van der Waals surface area contributed by atoms with Crippen LogP contribution in [0.15, 0.2) is 60.7 Å². The molecule has 2 aromatic rings. The molecule has 0 fully saturated rings. The van der Waals surface area contributed by atoms with Crippen molar-refractivity contribution >= 4 is 57.7 Å². The van der Waals surface area contributed by atoms with Gasteiger partial charge in [-0.05, 0) is 42.7 Å². The Morgan fingerprint density at radius 2 is 0.962 bits per heavy atom. The highest BCUT2D eigenvalue weighted by Crippen LogP contribution is 2.26. The summed E-state index contributed by atoms with van der Waals surface area (Å²) in [6.07, 6.45) is 3.88. The first-order valence-electron chi connectivity index (χ1n) is 17.0. The second kappa shape index (κ2) is 29.7. The van der Waals surface area contributed by atoms with Crippen LogP contribution < -0.4 is 5.73 Å². The smallest absolute Gasteiger partial charge is 0.320 e. The molecule has 0 amide bonds. The summed E-state index contributed by atoms with van der Waals surface area (Å²) in [6, 6.07) is 18.0. The van der Waals surface area contributed by atoms with Gasteiger partial charge in [-0.25, -0.2) is 0 Å². The minimum atomic E-state index is -1.22. The molecule has 15 nitrogen and oxygen atoms in total. The van der Waals surface area contributed by atoms with Gasteiger partial charge in [-0.1, -0.05) is 102 Å². The first-order chi connectivity index (χ1) is 25.2. The van der Waals surface area contributed by atoms with Gasteiger partial charge in [0.1, 0.15) is 24.6 Å². The minimum Gasteiger partial charge on any atom is -0.481 e. The fraction of sp³-hybridized carbons (Fsp3) is 0.486. The Morgan fingerprint density at radius 3 is 1.30 bits per heavy atom. The number of halogens is 1. The number of carbonyl (C=O) groups is 7. The number of alkyl halides is 1. The summed E-state index contributed by atoms with van der Waals surface area (Å²) in [4.78, 5) is 76.2. The summed E-state index contributed by atoms with van der Waals surface area (Å²) >= 11 is 2.71. The molecular weight excluding hydrogens is 762 g/mol. The van der Waals surface area contributed by atoms with Gasteiger partial charge in [0.25, 0.3) is 0 Å². The van der Waals surface area contributed by atoms with Crippen molar-refractivity contribution < 1.29 is 68.6 Å². The Hall–Kier alpha value is -4.83. The number of unbranched alkanes of at least 4 members (excludes halogenated alkanes) is 4. The third kappa shape index (κ3) is 27.5. The first kappa shape index (κ1) is 48.2. The molecule has 0 saturated heterocycles. The van der Waals surface area contributed by atoms with Gasteiger partial charge < -0.3 is 40.7 Å². The number of carboxylic acid groups (broad SMARTS) is 5. The maximum atomic E-state index is 11.7. The van der Waals surface area contributed by atoms with Crippen LogP contribution in [0.25, 0.3) is 0 Å². The van der Waals surface area contributed by atoms with E-state index in [4.69, 9.17) is 35.6 Å². The quantitative estimate of drug-likeness (QED) is 0.0434. The third-order valence-corrected chi connectivity index (χ3v) is 7.95. The van der Waals surface area contributed by atoms with Crippen LogP contribution >= 0.6 is 15.9 Å². The van der Waals surface area contributed by atoms with Gasteiger partial charge in [0.15, 0.2) is 0 Å². The number of ether oxygens (including phenoxy) is 2. The molecule has 0 aliphatic heterocycles. The standard InChI is InChI=1S/C20H26O8.C15H21NO4.C2H3BrO2/c21-17(22)11-15(12-18(23)24)16(20(26)27)9-5-2-6-10-19(25)28-13-14-7-3-1-4-8-14;16-13(15(18)19)9-5-2-6-10-14(17)20-11-12-7-3-1-4-8-12;3-1-2(4)5/h1,3-4,7-8,15-16H,2,5-6,9-13H2,(H,21,22)(H,23,24)(H,26,27);1,3-4,7-8,13H,2,5-6,9-11,16H2,(H,18,19);1H2,(H,4,5). The molecule has 2 aromatic carbocycles. The van der Waals surface area contributed by atoms with Crippen LogP contribution in [0.1, 0.15) is 88.2 Å². The molecule has 53 heavy (non-hydrogen) atoms. The predicted octanol–water partition coefficient (Wildman–Crippen LogP) is 5.50. The molecule has 0 aliphatic rings. The SMILES string of the molecule is NC(CCCCCC(=O)OCc1ccccc1)C(=O)O.O=C(O)CBr.O=C(O)CC(CC(=O)O)C(CCCCCC(=O)OCc1ccccc1)C(=O)O. The fourth-order valence-corrected chi connectivity index (χ4v) is 4.73. The van der Waals surface area contributed by atoms with Crippen LogP contribution in [0.2, 0.25) is 0 Å². The van der Waals surface area contributed by atoms with Crippen molar-refractivity contribution in [2.75, 3.05) is 5.33 Å². The summed E-state index contributed by atoms with van der Waals surface area (Å²) in [5, 5.41) is 43.4. The first-order valence-corrected chi connectivity index (χ1v) is 18.1. The van der Waals surface area contributed by atoms with E-state index in [0.717, 1.165) is 17.5 Å². The molecule has 0 radical (unpaired) electrons. The Kier molecular flexibility index (Phi) is 27.0. The summed E-state index contributed by atoms with van der Waals surface area (Å²) in [5.41, 5.74) is 7.24. The van der Waals surface area contributed by atoms with E-state index < -0.39 is 60.6 Å². The van der Waals surface area contributed by atoms with Crippen molar-refractivity contribution in [3.8, 4) is 0 Å². The molecule has 0 saturated carbocycles. The second-order valence-electron chi connectivity index (χ2n) is 11.9. The number of benzene rings is 2. The van der Waals surface area contributed by atoms with Crippen molar-refractivity contribution in [1.82, 2.24) is 0 Å². The average molecular weight is 813 g/mol. The largest absolute Gasteiger partial charge is 0.481 e. The Balaban J connectivity index is 0.000000941. The molecule has 294 valence electrons. The summed E-state index contributed by atoms with van der Waals surface area (Å²) < 4.78 is 10.3. The summed E-state index contributed by atoms with van der Waals surface area (Å²) in [7, 11) is 0. The van der Waals surface area contributed by atoms with Gasteiger partial charge in [0, 0.05) is 25.7 Å². The third-order valence-electron chi connectivity index (χ3n) is 7.47. The lowest BCUT2D eigenvalue weighted by Crippen LogP contribution is -2.29. The molecule has 7 N–H and O–H groups in total. The molecule has 0 aromatic heterocycles. The lowest BCUT2D eigenvalue weighted by Gasteiger charge is -2.21. The molecule has 2 rings (SSSR count). The lowest BCUT2D eigenvalue weighted by molar-refractivity contribution is -0.149. The molecule has 0 bridgehead atoms. The highest BCUT2D eigenvalue weighted by Gasteiger charge is 2.31. The van der Waals surface area contributed by atoms with Crippen molar-refractivity contribution in [3.63, 3.8) is 0 Å². The zero-order valence-electron chi connectivity index (χ0n) is 29.5. The maximum absolute atomic E-state index is 11.7. The van der Waals surface area contributed by atoms with E-state index in [2.05, 4.69) is 15.9 Å². The molecule has 0 heterocycles. The van der Waals surface area contributed by atoms with Crippen LogP contribution in [0.3, 0.4) is 0 Å². The van der Waals surface area contributed by atoms with Gasteiger partial charge >= 0.3 is 41.8 Å². The molecular formula is C37H50BrNO14. The zero-order valence-corrected chi connectivity index (χ0v) is 31.1. The highest BCUT2D eigenvalue weighted by atomic mass is 79.9. The van der Waals surface area contributed by atoms with Crippen LogP contribution in [-0.2, 0) is 56.2 Å². The van der Waals surface area contributed by atoms with E-state index in [9.17, 15) is 38.7 Å². The normalized spacial score (nSPS) is 11.4. The van der Waals surface area contributed by atoms with E-state index >= 15 is 0 Å². The number of carboxylic acids is 5. The van der Waals surface area contributed by atoms with E-state index in [1.165, 1.54) is 0 Å². The topological polar surface area (TPSA) is 265 Å². The second-order valence-corrected chi connectivity index (χ2v) is 12.4. The van der Waals surface area contributed by atoms with Crippen molar-refractivity contribution in [2.45, 2.75) is 96.3 Å². The monoisotopic (exact) mass is 811 g/mol. The van der Waals surface area contributed by atoms with Crippen molar-refractivity contribution in [1.29, 1.82) is 0 Å². The van der Waals surface area contributed by atoms with E-state index in [0.29, 0.717) is 51.6 Å². The summed E-state index contributed by atoms with van der Waals surface area (Å²) in [5.74, 6) is -8.03. The number of esters is 2. The van der Waals surface area contributed by atoms with Gasteiger partial charge in [-0.3, -0.25) is 33.6 Å². The van der Waals surface area contributed by atoms with E-state index in [1.807, 2.05) is 60.7 Å². The number of hydrogen-bond acceptors (Lipinski definition) is 10. The molecule has 2 atom stereocenters. The fourth-order valence-electron chi connectivity index (χ4n) is 4.73. The summed E-state index contributed by atoms with van der Waals surface area (Å²) in [6.45, 7) is 0.496. The average Bonchev–Trinajstić information content (AvgIpc) is 3.11. The van der Waals surface area contributed by atoms with Crippen LogP contribution in [-0.4, -0.2) is 78.7 Å². The lowest BCUT2D eigenvalue weighted by atomic mass is 9.83. The van der Waals surface area contributed by atoms with Gasteiger partial charge in [0.2, 0.25) is 0 Å². The van der Waals surface area contributed by atoms with Gasteiger partial charge in [-0.15, -0.1) is 0 Å². The number of rotatable bonds is 24. The van der Waals surface area contributed by atoms with E-state index in [-0.39, 0.29) is 36.7 Å². The predicted molar refractivity (Wildman–Crippen MR) is 195 cm³/mol. The number of aliphatic carboxylic acids is 5. The van der Waals surface area contributed by atoms with Crippen molar-refractivity contribution in [2.24, 2.45) is 17.6 Å². The molecule has 16 heteroatoms. The van der Waals surface area contributed by atoms with Gasteiger partial charge in [-0.2, -0.15) is 0 Å². The Labute approximate surface area is 316 Å². The number of hydrogen-bond donors (Lipinski definition) is 6. The Bertz CT molecular complexity index is 1370. The van der Waals surface area contributed by atoms with Crippen LogP contribution in [0.4, 0.5) is 0 Å². The molecule has 2 unspecified atom stereocenters. The van der Waals surface area contributed by atoms with E-state index in [1.54, 1.807) is 0 Å². The number of carbonyl (C=O) groups excluding carboxylic acids is 2. The minimum absolute atomic E-state index is 0.0347. The van der Waals surface area contributed by atoms with Crippen LogP contribution in [0.5, 0.6) is 0 Å². The highest BCUT2D eigenvalue weighted by molar-refractivity contribution is 9.09. The van der Waals surface area contributed by atoms with Crippen molar-refractivity contribution in [3.05, 3.63) is 71.8 Å². The maximum Gasteiger partial charge on any atom is 0.320 e. The molecule has 0 aliphatic carbocycles.